The van der Waals surface area contributed by atoms with E-state index in [-0.39, 0.29) is 11.9 Å². The van der Waals surface area contributed by atoms with Crippen molar-refractivity contribution in [2.24, 2.45) is 5.73 Å². The fourth-order valence-corrected chi connectivity index (χ4v) is 1.15. The lowest BCUT2D eigenvalue weighted by molar-refractivity contribution is -0.122. The van der Waals surface area contributed by atoms with E-state index in [0.717, 1.165) is 19.3 Å². The highest BCUT2D eigenvalue weighted by Gasteiger charge is 2.08. The lowest BCUT2D eigenvalue weighted by Gasteiger charge is -2.14. The smallest absolute Gasteiger partial charge is 0.220 e. The molecule has 0 aromatic rings. The Morgan fingerprint density at radius 1 is 1.38 bits per heavy atom. The van der Waals surface area contributed by atoms with Gasteiger partial charge in [0.1, 0.15) is 0 Å². The highest BCUT2D eigenvalue weighted by atomic mass is 16.1. The first-order valence-corrected chi connectivity index (χ1v) is 5.15. The Hall–Kier alpha value is -0.570. The zero-order valence-corrected chi connectivity index (χ0v) is 8.97. The van der Waals surface area contributed by atoms with E-state index >= 15 is 0 Å². The minimum atomic E-state index is 0.118. The Morgan fingerprint density at radius 3 is 2.31 bits per heavy atom. The topological polar surface area (TPSA) is 55.1 Å². The van der Waals surface area contributed by atoms with E-state index in [2.05, 4.69) is 19.2 Å². The van der Waals surface area contributed by atoms with E-state index in [1.54, 1.807) is 0 Å². The summed E-state index contributed by atoms with van der Waals surface area (Å²) < 4.78 is 0. The van der Waals surface area contributed by atoms with Gasteiger partial charge in [0.15, 0.2) is 0 Å². The van der Waals surface area contributed by atoms with Gasteiger partial charge in [-0.05, 0) is 26.2 Å². The van der Waals surface area contributed by atoms with Crippen molar-refractivity contribution in [1.29, 1.82) is 0 Å². The van der Waals surface area contributed by atoms with Crippen LogP contribution in [0.5, 0.6) is 0 Å². The minimum Gasteiger partial charge on any atom is -0.353 e. The van der Waals surface area contributed by atoms with Gasteiger partial charge in [-0.2, -0.15) is 0 Å². The largest absolute Gasteiger partial charge is 0.353 e. The third-order valence-electron chi connectivity index (χ3n) is 2.18. The molecule has 13 heavy (non-hydrogen) atoms. The molecule has 0 saturated heterocycles. The Kier molecular flexibility index (Phi) is 6.59. The summed E-state index contributed by atoms with van der Waals surface area (Å²) in [5, 5.41) is 2.98. The van der Waals surface area contributed by atoms with Crippen LogP contribution >= 0.6 is 0 Å². The van der Waals surface area contributed by atoms with Gasteiger partial charge in [-0.15, -0.1) is 0 Å². The molecule has 3 heteroatoms. The molecule has 1 amide bonds. The summed E-state index contributed by atoms with van der Waals surface area (Å²) in [5.74, 6) is 0.131. The molecule has 0 aromatic heterocycles. The number of carbonyl (C=O) groups excluding carboxylic acids is 1. The molecule has 3 N–H and O–H groups in total. The summed E-state index contributed by atoms with van der Waals surface area (Å²) >= 11 is 0. The molecule has 0 heterocycles. The van der Waals surface area contributed by atoms with Crippen LogP contribution in [0.15, 0.2) is 0 Å². The van der Waals surface area contributed by atoms with Gasteiger partial charge in [0.25, 0.3) is 0 Å². The van der Waals surface area contributed by atoms with Crippen molar-refractivity contribution >= 4 is 5.91 Å². The molecule has 0 aliphatic carbocycles. The summed E-state index contributed by atoms with van der Waals surface area (Å²) in [6, 6.07) is 0.452. The van der Waals surface area contributed by atoms with Crippen molar-refractivity contribution in [2.45, 2.75) is 58.5 Å². The molecule has 1 unspecified atom stereocenters. The monoisotopic (exact) mass is 186 g/mol. The number of amides is 1. The van der Waals surface area contributed by atoms with Crippen LogP contribution in [0.3, 0.4) is 0 Å². The van der Waals surface area contributed by atoms with Crippen molar-refractivity contribution < 1.29 is 4.79 Å². The fraction of sp³-hybridized carbons (Fsp3) is 0.900. The highest BCUT2D eigenvalue weighted by molar-refractivity contribution is 5.76. The molecule has 0 fully saturated rings. The molecule has 0 spiro atoms. The maximum Gasteiger partial charge on any atom is 0.220 e. The number of nitrogens with two attached hydrogens (primary N) is 1. The van der Waals surface area contributed by atoms with Gasteiger partial charge >= 0.3 is 0 Å². The predicted molar refractivity (Wildman–Crippen MR) is 55.4 cm³/mol. The number of nitrogens with one attached hydrogen (secondary N) is 1. The molecule has 0 aromatic carbocycles. The SMILES string of the molecule is CCC(CC)NC(=O)CCC(C)N. The van der Waals surface area contributed by atoms with E-state index < -0.39 is 0 Å². The summed E-state index contributed by atoms with van der Waals surface area (Å²) in [6.07, 6.45) is 3.32. The summed E-state index contributed by atoms with van der Waals surface area (Å²) in [4.78, 5) is 11.3. The first kappa shape index (κ1) is 12.4. The lowest BCUT2D eigenvalue weighted by Crippen LogP contribution is -2.34. The summed E-state index contributed by atoms with van der Waals surface area (Å²) in [6.45, 7) is 6.09. The van der Waals surface area contributed by atoms with Crippen LogP contribution in [0.4, 0.5) is 0 Å². The average molecular weight is 186 g/mol. The van der Waals surface area contributed by atoms with Gasteiger partial charge in [-0.1, -0.05) is 13.8 Å². The standard InChI is InChI=1S/C10H22N2O/c1-4-9(5-2)12-10(13)7-6-8(3)11/h8-9H,4-7,11H2,1-3H3,(H,12,13). The number of hydrogen-bond acceptors (Lipinski definition) is 2. The predicted octanol–water partition coefficient (Wildman–Crippen LogP) is 1.42. The maximum absolute atomic E-state index is 11.3. The van der Waals surface area contributed by atoms with E-state index in [4.69, 9.17) is 5.73 Å². The number of hydrogen-bond donors (Lipinski definition) is 2. The molecule has 3 nitrogen and oxygen atoms in total. The lowest BCUT2D eigenvalue weighted by atomic mass is 10.1. The van der Waals surface area contributed by atoms with Crippen molar-refractivity contribution in [1.82, 2.24) is 5.32 Å². The Morgan fingerprint density at radius 2 is 1.92 bits per heavy atom. The molecule has 0 rings (SSSR count). The Balaban J connectivity index is 3.60. The van der Waals surface area contributed by atoms with Gasteiger partial charge in [0.05, 0.1) is 0 Å². The van der Waals surface area contributed by atoms with Crippen LogP contribution in [0, 0.1) is 0 Å². The number of carbonyl (C=O) groups is 1. The van der Waals surface area contributed by atoms with Crippen LogP contribution in [0.25, 0.3) is 0 Å². The zero-order valence-electron chi connectivity index (χ0n) is 8.97. The van der Waals surface area contributed by atoms with Crippen molar-refractivity contribution in [3.8, 4) is 0 Å². The van der Waals surface area contributed by atoms with Gasteiger partial charge in [0.2, 0.25) is 5.91 Å². The van der Waals surface area contributed by atoms with Crippen molar-refractivity contribution in [2.75, 3.05) is 0 Å². The molecule has 0 aliphatic heterocycles. The summed E-state index contributed by atoms with van der Waals surface area (Å²) in [5.41, 5.74) is 5.56. The molecule has 1 atom stereocenters. The molecule has 0 saturated carbocycles. The molecule has 0 radical (unpaired) electrons. The van der Waals surface area contributed by atoms with E-state index in [1.165, 1.54) is 0 Å². The van der Waals surface area contributed by atoms with Crippen molar-refractivity contribution in [3.05, 3.63) is 0 Å². The van der Waals surface area contributed by atoms with Gasteiger partial charge in [-0.3, -0.25) is 4.79 Å². The Bertz CT molecular complexity index is 142. The average Bonchev–Trinajstić information content (AvgIpc) is 2.10. The molecular formula is C10H22N2O. The molecule has 0 aliphatic rings. The van der Waals surface area contributed by atoms with E-state index in [0.29, 0.717) is 12.5 Å². The van der Waals surface area contributed by atoms with Crippen molar-refractivity contribution in [3.63, 3.8) is 0 Å². The third-order valence-corrected chi connectivity index (χ3v) is 2.18. The zero-order chi connectivity index (χ0) is 10.3. The quantitative estimate of drug-likeness (QED) is 0.659. The van der Waals surface area contributed by atoms with Crippen LogP contribution in [-0.4, -0.2) is 18.0 Å². The first-order chi connectivity index (χ1) is 6.10. The van der Waals surface area contributed by atoms with Crippen LogP contribution in [0.1, 0.15) is 46.5 Å². The van der Waals surface area contributed by atoms with Gasteiger partial charge in [-0.25, -0.2) is 0 Å². The van der Waals surface area contributed by atoms with E-state index in [9.17, 15) is 4.79 Å². The minimum absolute atomic E-state index is 0.118. The van der Waals surface area contributed by atoms with Crippen LogP contribution in [0.2, 0.25) is 0 Å². The van der Waals surface area contributed by atoms with E-state index in [1.807, 2.05) is 6.92 Å². The normalized spacial score (nSPS) is 13.0. The second-order valence-corrected chi connectivity index (χ2v) is 3.60. The van der Waals surface area contributed by atoms with Gasteiger partial charge < -0.3 is 11.1 Å². The second kappa shape index (κ2) is 6.89. The van der Waals surface area contributed by atoms with Crippen LogP contribution < -0.4 is 11.1 Å². The van der Waals surface area contributed by atoms with Gasteiger partial charge in [0, 0.05) is 18.5 Å². The second-order valence-electron chi connectivity index (χ2n) is 3.60. The molecular weight excluding hydrogens is 164 g/mol. The molecule has 0 bridgehead atoms. The Labute approximate surface area is 81.1 Å². The fourth-order valence-electron chi connectivity index (χ4n) is 1.15. The molecule has 78 valence electrons. The third kappa shape index (κ3) is 6.58. The van der Waals surface area contributed by atoms with Crippen LogP contribution in [-0.2, 0) is 4.79 Å². The highest BCUT2D eigenvalue weighted by Crippen LogP contribution is 1.99. The number of rotatable bonds is 6. The summed E-state index contributed by atoms with van der Waals surface area (Å²) in [7, 11) is 0. The first-order valence-electron chi connectivity index (χ1n) is 5.15. The maximum atomic E-state index is 11.3.